The molecule has 0 radical (unpaired) electrons. The summed E-state index contributed by atoms with van der Waals surface area (Å²) in [6, 6.07) is 0.818. The third-order valence-corrected chi connectivity index (χ3v) is 4.57. The summed E-state index contributed by atoms with van der Waals surface area (Å²) in [5.41, 5.74) is 0. The fraction of sp³-hybridized carbons (Fsp3) is 1.00. The fourth-order valence-electron chi connectivity index (χ4n) is 3.47. The van der Waals surface area contributed by atoms with Gasteiger partial charge in [0.15, 0.2) is 0 Å². The highest BCUT2D eigenvalue weighted by molar-refractivity contribution is 4.84. The molecule has 0 aliphatic carbocycles. The van der Waals surface area contributed by atoms with Crippen molar-refractivity contribution in [1.29, 1.82) is 0 Å². The van der Waals surface area contributed by atoms with E-state index in [-0.39, 0.29) is 0 Å². The van der Waals surface area contributed by atoms with Crippen molar-refractivity contribution in [3.8, 4) is 0 Å². The molecule has 0 aromatic rings. The first-order valence-corrected chi connectivity index (χ1v) is 7.38. The zero-order chi connectivity index (χ0) is 11.5. The molecular weight excluding hydrogens is 212 g/mol. The van der Waals surface area contributed by atoms with E-state index in [1.807, 2.05) is 0 Å². The van der Waals surface area contributed by atoms with Gasteiger partial charge in [-0.3, -0.25) is 4.90 Å². The van der Waals surface area contributed by atoms with Crippen LogP contribution >= 0.6 is 0 Å². The fourth-order valence-corrected chi connectivity index (χ4v) is 3.47. The first-order chi connectivity index (χ1) is 8.43. The van der Waals surface area contributed by atoms with E-state index in [9.17, 15) is 0 Å². The number of rotatable bonds is 2. The number of piperazine rings is 1. The summed E-state index contributed by atoms with van der Waals surface area (Å²) in [6.07, 6.45) is 5.58. The third kappa shape index (κ3) is 2.81. The van der Waals surface area contributed by atoms with Gasteiger partial charge in [0, 0.05) is 51.9 Å². The normalized spacial score (nSPS) is 34.2. The Morgan fingerprint density at radius 2 is 1.47 bits per heavy atom. The summed E-state index contributed by atoms with van der Waals surface area (Å²) in [4.78, 5) is 2.69. The molecular formula is C13H26N4. The first kappa shape index (κ1) is 11.9. The predicted molar refractivity (Wildman–Crippen MR) is 69.8 cm³/mol. The highest BCUT2D eigenvalue weighted by Crippen LogP contribution is 2.16. The molecule has 0 aromatic carbocycles. The largest absolute Gasteiger partial charge is 0.315 e. The van der Waals surface area contributed by atoms with Crippen LogP contribution in [0.15, 0.2) is 0 Å². The van der Waals surface area contributed by atoms with E-state index in [2.05, 4.69) is 20.2 Å². The Hall–Kier alpha value is -0.160. The number of nitrogens with zero attached hydrogens (tertiary/aromatic N) is 3. The summed E-state index contributed by atoms with van der Waals surface area (Å²) in [7, 11) is 0. The number of hydrogen-bond acceptors (Lipinski definition) is 4. The summed E-state index contributed by atoms with van der Waals surface area (Å²) < 4.78 is 0. The van der Waals surface area contributed by atoms with Gasteiger partial charge in [0.1, 0.15) is 0 Å². The molecule has 17 heavy (non-hydrogen) atoms. The predicted octanol–water partition coefficient (Wildman–Crippen LogP) is 0.367. The average molecular weight is 238 g/mol. The van der Waals surface area contributed by atoms with Gasteiger partial charge in [-0.15, -0.1) is 0 Å². The summed E-state index contributed by atoms with van der Waals surface area (Å²) >= 11 is 0. The number of hydrazine groups is 1. The van der Waals surface area contributed by atoms with Crippen molar-refractivity contribution in [3.05, 3.63) is 0 Å². The molecule has 3 aliphatic rings. The first-order valence-electron chi connectivity index (χ1n) is 7.38. The molecule has 1 N–H and O–H groups in total. The molecule has 1 atom stereocenters. The van der Waals surface area contributed by atoms with Crippen LogP contribution in [-0.2, 0) is 0 Å². The molecule has 0 unspecified atom stereocenters. The highest BCUT2D eigenvalue weighted by atomic mass is 15.6. The van der Waals surface area contributed by atoms with Crippen molar-refractivity contribution >= 4 is 0 Å². The van der Waals surface area contributed by atoms with Gasteiger partial charge in [-0.2, -0.15) is 0 Å². The second-order valence-corrected chi connectivity index (χ2v) is 5.65. The number of hydrogen-bond donors (Lipinski definition) is 1. The van der Waals surface area contributed by atoms with Crippen LogP contribution in [0.4, 0.5) is 0 Å². The lowest BCUT2D eigenvalue weighted by Crippen LogP contribution is -2.57. The molecule has 3 rings (SSSR count). The zero-order valence-electron chi connectivity index (χ0n) is 10.9. The Labute approximate surface area is 105 Å². The van der Waals surface area contributed by atoms with Crippen LogP contribution in [0, 0.1) is 0 Å². The lowest BCUT2D eigenvalue weighted by Gasteiger charge is -2.44. The topological polar surface area (TPSA) is 21.8 Å². The lowest BCUT2D eigenvalue weighted by molar-refractivity contribution is -0.0730. The standard InChI is InChI=1S/C13H26N4/c1-2-6-16(7-3-1)17-10-8-15(9-11-17)13-4-5-14-12-13/h13-14H,1-12H2/t13-/m1/s1. The van der Waals surface area contributed by atoms with Crippen LogP contribution < -0.4 is 5.32 Å². The van der Waals surface area contributed by atoms with E-state index in [1.165, 1.54) is 78.0 Å². The smallest absolute Gasteiger partial charge is 0.0261 e. The Morgan fingerprint density at radius 3 is 2.12 bits per heavy atom. The van der Waals surface area contributed by atoms with E-state index in [0.717, 1.165) is 6.04 Å². The number of piperidine rings is 1. The molecule has 0 spiro atoms. The molecule has 3 fully saturated rings. The van der Waals surface area contributed by atoms with Gasteiger partial charge in [-0.1, -0.05) is 6.42 Å². The lowest BCUT2D eigenvalue weighted by atomic mass is 10.1. The van der Waals surface area contributed by atoms with Gasteiger partial charge < -0.3 is 5.32 Å². The Balaban J connectivity index is 1.46. The minimum Gasteiger partial charge on any atom is -0.315 e. The van der Waals surface area contributed by atoms with Gasteiger partial charge in [0.2, 0.25) is 0 Å². The Bertz CT molecular complexity index is 226. The Kier molecular flexibility index (Phi) is 3.96. The van der Waals surface area contributed by atoms with Crippen molar-refractivity contribution in [2.45, 2.75) is 31.7 Å². The monoisotopic (exact) mass is 238 g/mol. The summed E-state index contributed by atoms with van der Waals surface area (Å²) in [5, 5.41) is 8.69. The molecule has 3 heterocycles. The molecule has 0 aromatic heterocycles. The SMILES string of the molecule is C1CCN(N2CCN([C@@H]3CCNC3)CC2)CC1. The van der Waals surface area contributed by atoms with E-state index >= 15 is 0 Å². The van der Waals surface area contributed by atoms with E-state index in [0.29, 0.717) is 0 Å². The Morgan fingerprint density at radius 1 is 0.765 bits per heavy atom. The van der Waals surface area contributed by atoms with Crippen molar-refractivity contribution in [2.24, 2.45) is 0 Å². The molecule has 4 nitrogen and oxygen atoms in total. The number of nitrogens with one attached hydrogen (secondary N) is 1. The quantitative estimate of drug-likeness (QED) is 0.750. The molecule has 4 heteroatoms. The van der Waals surface area contributed by atoms with Crippen LogP contribution in [0.3, 0.4) is 0 Å². The van der Waals surface area contributed by atoms with Gasteiger partial charge in [-0.25, -0.2) is 10.0 Å². The second-order valence-electron chi connectivity index (χ2n) is 5.65. The van der Waals surface area contributed by atoms with Crippen LogP contribution in [0.25, 0.3) is 0 Å². The van der Waals surface area contributed by atoms with Gasteiger partial charge in [0.05, 0.1) is 0 Å². The molecule has 3 aliphatic heterocycles. The van der Waals surface area contributed by atoms with Crippen molar-refractivity contribution in [2.75, 3.05) is 52.4 Å². The van der Waals surface area contributed by atoms with Crippen LogP contribution in [0.5, 0.6) is 0 Å². The van der Waals surface area contributed by atoms with E-state index in [4.69, 9.17) is 0 Å². The molecule has 3 saturated heterocycles. The maximum Gasteiger partial charge on any atom is 0.0261 e. The minimum absolute atomic E-state index is 0.818. The molecule has 0 saturated carbocycles. The van der Waals surface area contributed by atoms with Gasteiger partial charge >= 0.3 is 0 Å². The van der Waals surface area contributed by atoms with Gasteiger partial charge in [-0.05, 0) is 25.8 Å². The molecule has 0 amide bonds. The van der Waals surface area contributed by atoms with Crippen molar-refractivity contribution in [1.82, 2.24) is 20.2 Å². The van der Waals surface area contributed by atoms with E-state index < -0.39 is 0 Å². The minimum atomic E-state index is 0.818. The van der Waals surface area contributed by atoms with Crippen molar-refractivity contribution in [3.63, 3.8) is 0 Å². The van der Waals surface area contributed by atoms with E-state index in [1.54, 1.807) is 0 Å². The molecule has 0 bridgehead atoms. The van der Waals surface area contributed by atoms with Crippen LogP contribution in [-0.4, -0.2) is 73.3 Å². The second kappa shape index (κ2) is 5.65. The average Bonchev–Trinajstić information content (AvgIpc) is 2.94. The maximum atomic E-state index is 3.48. The van der Waals surface area contributed by atoms with Crippen molar-refractivity contribution < 1.29 is 0 Å². The van der Waals surface area contributed by atoms with Gasteiger partial charge in [0.25, 0.3) is 0 Å². The summed E-state index contributed by atoms with van der Waals surface area (Å²) in [5.74, 6) is 0. The maximum absolute atomic E-state index is 3.48. The molecule has 98 valence electrons. The zero-order valence-corrected chi connectivity index (χ0v) is 10.9. The van der Waals surface area contributed by atoms with Crippen LogP contribution in [0.1, 0.15) is 25.7 Å². The highest BCUT2D eigenvalue weighted by Gasteiger charge is 2.28. The third-order valence-electron chi connectivity index (χ3n) is 4.57. The summed E-state index contributed by atoms with van der Waals surface area (Å²) in [6.45, 7) is 10.1. The van der Waals surface area contributed by atoms with Crippen LogP contribution in [0.2, 0.25) is 0 Å².